The molecular weight excluding hydrogens is 214 g/mol. The van der Waals surface area contributed by atoms with Gasteiger partial charge in [-0.1, -0.05) is 30.3 Å². The Kier molecular flexibility index (Phi) is 3.10. The Labute approximate surface area is 99.5 Å². The van der Waals surface area contributed by atoms with Gasteiger partial charge in [-0.05, 0) is 35.7 Å². The first kappa shape index (κ1) is 11.2. The van der Waals surface area contributed by atoms with E-state index in [4.69, 9.17) is 5.73 Å². The summed E-state index contributed by atoms with van der Waals surface area (Å²) in [5, 5.41) is 9.19. The second kappa shape index (κ2) is 4.70. The molecule has 0 aromatic heterocycles. The third-order valence-corrected chi connectivity index (χ3v) is 2.61. The number of phenolic OH excluding ortho intramolecular Hbond substituents is 1. The molecule has 3 heteroatoms. The van der Waals surface area contributed by atoms with Crippen LogP contribution in [0, 0.1) is 0 Å². The van der Waals surface area contributed by atoms with Gasteiger partial charge in [0.2, 0.25) is 5.91 Å². The summed E-state index contributed by atoms with van der Waals surface area (Å²) in [6.07, 6.45) is 0.624. The van der Waals surface area contributed by atoms with Crippen molar-refractivity contribution in [2.45, 2.75) is 6.42 Å². The van der Waals surface area contributed by atoms with Crippen LogP contribution in [0.25, 0.3) is 0 Å². The Bertz CT molecular complexity index is 532. The van der Waals surface area contributed by atoms with Crippen molar-refractivity contribution in [3.05, 3.63) is 65.2 Å². The molecule has 0 spiro atoms. The van der Waals surface area contributed by atoms with Gasteiger partial charge >= 0.3 is 0 Å². The van der Waals surface area contributed by atoms with E-state index in [-0.39, 0.29) is 5.75 Å². The number of hydrogen-bond acceptors (Lipinski definition) is 2. The molecule has 0 radical (unpaired) electrons. The predicted octanol–water partition coefficient (Wildman–Crippen LogP) is 2.08. The minimum atomic E-state index is -0.417. The molecule has 0 saturated heterocycles. The molecule has 0 heterocycles. The summed E-state index contributed by atoms with van der Waals surface area (Å²) in [4.78, 5) is 11.2. The van der Waals surface area contributed by atoms with Gasteiger partial charge in [0.25, 0.3) is 0 Å². The Balaban J connectivity index is 2.30. The highest BCUT2D eigenvalue weighted by molar-refractivity contribution is 5.94. The molecule has 0 unspecified atom stereocenters. The zero-order valence-corrected chi connectivity index (χ0v) is 9.26. The summed E-state index contributed by atoms with van der Waals surface area (Å²) >= 11 is 0. The number of rotatable bonds is 3. The molecule has 0 aliphatic heterocycles. The average molecular weight is 227 g/mol. The van der Waals surface area contributed by atoms with Crippen LogP contribution in [0.5, 0.6) is 5.75 Å². The molecular formula is C14H13NO2. The van der Waals surface area contributed by atoms with Crippen LogP contribution in [-0.2, 0) is 6.42 Å². The van der Waals surface area contributed by atoms with Gasteiger partial charge in [0.05, 0.1) is 0 Å². The number of amides is 1. The van der Waals surface area contributed by atoms with E-state index in [1.807, 2.05) is 24.3 Å². The highest BCUT2D eigenvalue weighted by atomic mass is 16.3. The van der Waals surface area contributed by atoms with E-state index < -0.39 is 5.91 Å². The predicted molar refractivity (Wildman–Crippen MR) is 65.9 cm³/mol. The van der Waals surface area contributed by atoms with E-state index in [0.717, 1.165) is 11.1 Å². The number of aromatic hydroxyl groups is 1. The number of carbonyl (C=O) groups is 1. The molecule has 86 valence electrons. The minimum Gasteiger partial charge on any atom is -0.508 e. The van der Waals surface area contributed by atoms with Gasteiger partial charge in [-0.2, -0.15) is 0 Å². The topological polar surface area (TPSA) is 63.3 Å². The maximum atomic E-state index is 11.2. The zero-order chi connectivity index (χ0) is 12.3. The van der Waals surface area contributed by atoms with Crippen LogP contribution in [0.1, 0.15) is 21.5 Å². The van der Waals surface area contributed by atoms with E-state index in [2.05, 4.69) is 0 Å². The van der Waals surface area contributed by atoms with Gasteiger partial charge in [0.1, 0.15) is 5.75 Å². The van der Waals surface area contributed by atoms with Crippen molar-refractivity contribution >= 4 is 5.91 Å². The van der Waals surface area contributed by atoms with E-state index in [0.29, 0.717) is 12.0 Å². The molecule has 3 N–H and O–H groups in total. The van der Waals surface area contributed by atoms with E-state index >= 15 is 0 Å². The van der Waals surface area contributed by atoms with Gasteiger partial charge in [0, 0.05) is 5.56 Å². The molecule has 0 aliphatic rings. The second-order valence-corrected chi connectivity index (χ2v) is 3.86. The molecule has 0 fully saturated rings. The zero-order valence-electron chi connectivity index (χ0n) is 9.26. The number of phenols is 1. The molecule has 2 rings (SSSR count). The summed E-state index contributed by atoms with van der Waals surface area (Å²) in [5.74, 6) is -0.184. The lowest BCUT2D eigenvalue weighted by Gasteiger charge is -2.06. The number of hydrogen-bond donors (Lipinski definition) is 2. The van der Waals surface area contributed by atoms with Crippen molar-refractivity contribution < 1.29 is 9.90 Å². The molecule has 0 aliphatic carbocycles. The van der Waals surface area contributed by atoms with Crippen LogP contribution in [0.4, 0.5) is 0 Å². The Hall–Kier alpha value is -2.29. The molecule has 17 heavy (non-hydrogen) atoms. The number of primary amides is 1. The van der Waals surface area contributed by atoms with Gasteiger partial charge < -0.3 is 10.8 Å². The Morgan fingerprint density at radius 3 is 2.35 bits per heavy atom. The first-order chi connectivity index (χ1) is 8.16. The van der Waals surface area contributed by atoms with Crippen LogP contribution >= 0.6 is 0 Å². The second-order valence-electron chi connectivity index (χ2n) is 3.86. The molecule has 0 atom stereocenters. The van der Waals surface area contributed by atoms with E-state index in [1.54, 1.807) is 24.3 Å². The average Bonchev–Trinajstić information content (AvgIpc) is 2.32. The van der Waals surface area contributed by atoms with Crippen LogP contribution < -0.4 is 5.73 Å². The fraction of sp³-hybridized carbons (Fsp3) is 0.0714. The third-order valence-electron chi connectivity index (χ3n) is 2.61. The van der Waals surface area contributed by atoms with Crippen molar-refractivity contribution in [2.24, 2.45) is 5.73 Å². The summed E-state index contributed by atoms with van der Waals surface area (Å²) < 4.78 is 0. The lowest BCUT2D eigenvalue weighted by molar-refractivity contribution is 0.0999. The molecule has 0 saturated carbocycles. The summed E-state index contributed by atoms with van der Waals surface area (Å²) in [5.41, 5.74) is 7.77. The van der Waals surface area contributed by atoms with Gasteiger partial charge in [0.15, 0.2) is 0 Å². The van der Waals surface area contributed by atoms with Gasteiger partial charge in [-0.15, -0.1) is 0 Å². The van der Waals surface area contributed by atoms with Crippen molar-refractivity contribution in [2.75, 3.05) is 0 Å². The molecule has 1 amide bonds. The lowest BCUT2D eigenvalue weighted by Crippen LogP contribution is -2.13. The first-order valence-electron chi connectivity index (χ1n) is 5.32. The number of carbonyl (C=O) groups excluding carboxylic acids is 1. The SMILES string of the molecule is NC(=O)c1ccccc1Cc1ccc(O)cc1. The third kappa shape index (κ3) is 2.64. The minimum absolute atomic E-state index is 0.233. The first-order valence-corrected chi connectivity index (χ1v) is 5.32. The summed E-state index contributed by atoms with van der Waals surface area (Å²) in [6.45, 7) is 0. The largest absolute Gasteiger partial charge is 0.508 e. The van der Waals surface area contributed by atoms with Crippen molar-refractivity contribution in [3.8, 4) is 5.75 Å². The summed E-state index contributed by atoms with van der Waals surface area (Å²) in [6, 6.07) is 14.2. The number of nitrogens with two attached hydrogens (primary N) is 1. The smallest absolute Gasteiger partial charge is 0.248 e. The molecule has 2 aromatic carbocycles. The lowest BCUT2D eigenvalue weighted by atomic mass is 9.99. The number of benzene rings is 2. The highest BCUT2D eigenvalue weighted by Gasteiger charge is 2.07. The normalized spacial score (nSPS) is 10.1. The van der Waals surface area contributed by atoms with Crippen molar-refractivity contribution in [1.82, 2.24) is 0 Å². The van der Waals surface area contributed by atoms with Crippen molar-refractivity contribution in [3.63, 3.8) is 0 Å². The quantitative estimate of drug-likeness (QED) is 0.843. The Morgan fingerprint density at radius 1 is 1.06 bits per heavy atom. The van der Waals surface area contributed by atoms with Crippen molar-refractivity contribution in [1.29, 1.82) is 0 Å². The summed E-state index contributed by atoms with van der Waals surface area (Å²) in [7, 11) is 0. The monoisotopic (exact) mass is 227 g/mol. The maximum absolute atomic E-state index is 11.2. The van der Waals surface area contributed by atoms with E-state index in [1.165, 1.54) is 0 Å². The fourth-order valence-corrected chi connectivity index (χ4v) is 1.75. The molecule has 0 bridgehead atoms. The molecule has 3 nitrogen and oxygen atoms in total. The van der Waals surface area contributed by atoms with Crippen LogP contribution in [-0.4, -0.2) is 11.0 Å². The van der Waals surface area contributed by atoms with Gasteiger partial charge in [-0.3, -0.25) is 4.79 Å². The maximum Gasteiger partial charge on any atom is 0.248 e. The van der Waals surface area contributed by atoms with Gasteiger partial charge in [-0.25, -0.2) is 0 Å². The molecule has 2 aromatic rings. The standard InChI is InChI=1S/C14H13NO2/c15-14(17)13-4-2-1-3-11(13)9-10-5-7-12(16)8-6-10/h1-8,16H,9H2,(H2,15,17). The fourth-order valence-electron chi connectivity index (χ4n) is 1.75. The van der Waals surface area contributed by atoms with E-state index in [9.17, 15) is 9.90 Å². The Morgan fingerprint density at radius 2 is 1.71 bits per heavy atom. The van der Waals surface area contributed by atoms with Crippen LogP contribution in [0.3, 0.4) is 0 Å². The van der Waals surface area contributed by atoms with Crippen LogP contribution in [0.15, 0.2) is 48.5 Å². The van der Waals surface area contributed by atoms with Crippen LogP contribution in [0.2, 0.25) is 0 Å². The highest BCUT2D eigenvalue weighted by Crippen LogP contribution is 2.16.